The van der Waals surface area contributed by atoms with Crippen LogP contribution in [0, 0.1) is 5.92 Å². The summed E-state index contributed by atoms with van der Waals surface area (Å²) in [5, 5.41) is 18.5. The van der Waals surface area contributed by atoms with E-state index in [1.54, 1.807) is 6.08 Å². The lowest BCUT2D eigenvalue weighted by Crippen LogP contribution is -2.37. The minimum Gasteiger partial charge on any atom is -0.475 e. The Bertz CT molecular complexity index is 1020. The number of fused-ring (bicyclic) bond motifs is 3. The van der Waals surface area contributed by atoms with Gasteiger partial charge in [0, 0.05) is 25.0 Å². The molecule has 0 spiro atoms. The van der Waals surface area contributed by atoms with Crippen LogP contribution in [0.4, 0.5) is 0 Å². The van der Waals surface area contributed by atoms with Crippen LogP contribution in [0.5, 0.6) is 0 Å². The molecule has 3 unspecified atom stereocenters. The normalized spacial score (nSPS) is 20.9. The highest BCUT2D eigenvalue weighted by Gasteiger charge is 2.39. The van der Waals surface area contributed by atoms with Gasteiger partial charge in [-0.25, -0.2) is 4.79 Å². The average molecular weight is 469 g/mol. The summed E-state index contributed by atoms with van der Waals surface area (Å²) in [7, 11) is 0. The number of aliphatic hydroxyl groups excluding tert-OH is 1. The molecule has 2 N–H and O–H groups in total. The van der Waals surface area contributed by atoms with E-state index in [2.05, 4.69) is 30.3 Å². The number of aliphatic hydroxyl groups is 1. The molecule has 1 heterocycles. The fourth-order valence-corrected chi connectivity index (χ4v) is 4.89. The molecular formula is C27H32O7. The van der Waals surface area contributed by atoms with Gasteiger partial charge in [-0.1, -0.05) is 42.5 Å². The number of carboxylic acid groups (broad SMARTS) is 1. The molecule has 2 aliphatic rings. The summed E-state index contributed by atoms with van der Waals surface area (Å²) >= 11 is 0. The smallest absolute Gasteiger partial charge is 0.370 e. The Kier molecular flexibility index (Phi) is 8.34. The lowest BCUT2D eigenvalue weighted by Gasteiger charge is -2.37. The van der Waals surface area contributed by atoms with Gasteiger partial charge in [0.2, 0.25) is 12.0 Å². The summed E-state index contributed by atoms with van der Waals surface area (Å²) in [6.07, 6.45) is 2.50. The quantitative estimate of drug-likeness (QED) is 0.391. The summed E-state index contributed by atoms with van der Waals surface area (Å²) in [5.74, 6) is -1.47. The van der Waals surface area contributed by atoms with E-state index in [0.717, 1.165) is 12.0 Å². The number of hydrogen-bond acceptors (Lipinski definition) is 6. The minimum absolute atomic E-state index is 0.0133. The van der Waals surface area contributed by atoms with Crippen LogP contribution in [0.15, 0.2) is 54.3 Å². The van der Waals surface area contributed by atoms with E-state index < -0.39 is 12.3 Å². The zero-order valence-electron chi connectivity index (χ0n) is 19.4. The van der Waals surface area contributed by atoms with E-state index in [1.807, 2.05) is 19.1 Å². The number of carboxylic acids is 1. The van der Waals surface area contributed by atoms with E-state index in [1.165, 1.54) is 22.3 Å². The molecule has 0 radical (unpaired) electrons. The number of benzene rings is 2. The predicted molar refractivity (Wildman–Crippen MR) is 126 cm³/mol. The third kappa shape index (κ3) is 5.33. The summed E-state index contributed by atoms with van der Waals surface area (Å²) in [5.41, 5.74) is 6.06. The van der Waals surface area contributed by atoms with Crippen molar-refractivity contribution in [3.8, 4) is 11.1 Å². The van der Waals surface area contributed by atoms with Crippen molar-refractivity contribution in [2.45, 2.75) is 32.0 Å². The molecule has 0 saturated heterocycles. The van der Waals surface area contributed by atoms with Crippen molar-refractivity contribution in [1.82, 2.24) is 0 Å². The number of rotatable bonds is 12. The van der Waals surface area contributed by atoms with Gasteiger partial charge in [0.05, 0.1) is 26.4 Å². The molecule has 4 rings (SSSR count). The number of hydrogen-bond donors (Lipinski definition) is 2. The van der Waals surface area contributed by atoms with Crippen LogP contribution in [-0.4, -0.2) is 62.1 Å². The van der Waals surface area contributed by atoms with Crippen LogP contribution < -0.4 is 0 Å². The van der Waals surface area contributed by atoms with Crippen molar-refractivity contribution in [2.24, 2.45) is 5.92 Å². The van der Waals surface area contributed by atoms with E-state index in [0.29, 0.717) is 39.5 Å². The van der Waals surface area contributed by atoms with Gasteiger partial charge in [-0.2, -0.15) is 0 Å². The third-order valence-corrected chi connectivity index (χ3v) is 6.38. The van der Waals surface area contributed by atoms with E-state index in [4.69, 9.17) is 24.1 Å². The van der Waals surface area contributed by atoms with Crippen molar-refractivity contribution < 1.29 is 34.0 Å². The summed E-state index contributed by atoms with van der Waals surface area (Å²) in [6.45, 7) is 3.85. The number of aliphatic carboxylic acids is 1. The number of ether oxygens (including phenoxy) is 4. The topological polar surface area (TPSA) is 94.5 Å². The van der Waals surface area contributed by atoms with Gasteiger partial charge in [0.25, 0.3) is 0 Å². The van der Waals surface area contributed by atoms with E-state index in [9.17, 15) is 9.90 Å². The van der Waals surface area contributed by atoms with Crippen LogP contribution >= 0.6 is 0 Å². The standard InChI is InChI=1S/C27H32O7/c1-2-33-27-22(10-12-31-14-15-32-13-11-28)24(17-25(34-27)26(29)30)21-9-5-8-20-19-7-4-3-6-18(19)16-23(20)21/h3-9,17,22,24,27-28H,2,10-16H2,1H3,(H,29,30). The molecule has 3 atom stereocenters. The molecular weight excluding hydrogens is 436 g/mol. The maximum atomic E-state index is 11.9. The molecule has 0 fully saturated rings. The molecule has 1 aliphatic heterocycles. The monoisotopic (exact) mass is 468 g/mol. The Morgan fingerprint density at radius 2 is 1.79 bits per heavy atom. The molecule has 2 aromatic rings. The highest BCUT2D eigenvalue weighted by molar-refractivity contribution is 5.85. The van der Waals surface area contributed by atoms with Crippen LogP contribution in [0.3, 0.4) is 0 Å². The first-order valence-electron chi connectivity index (χ1n) is 11.8. The molecule has 0 saturated carbocycles. The molecule has 182 valence electrons. The Balaban J connectivity index is 1.61. The Morgan fingerprint density at radius 1 is 1.03 bits per heavy atom. The van der Waals surface area contributed by atoms with Crippen molar-refractivity contribution in [3.05, 3.63) is 71.0 Å². The fourth-order valence-electron chi connectivity index (χ4n) is 4.89. The van der Waals surface area contributed by atoms with Gasteiger partial charge in [-0.05, 0) is 53.7 Å². The van der Waals surface area contributed by atoms with E-state index in [-0.39, 0.29) is 24.2 Å². The maximum Gasteiger partial charge on any atom is 0.370 e. The Labute approximate surface area is 199 Å². The third-order valence-electron chi connectivity index (χ3n) is 6.38. The second-order valence-electron chi connectivity index (χ2n) is 8.41. The lowest BCUT2D eigenvalue weighted by molar-refractivity contribution is -0.174. The molecule has 1 aliphatic carbocycles. The first-order chi connectivity index (χ1) is 16.6. The molecule has 0 bridgehead atoms. The van der Waals surface area contributed by atoms with Crippen LogP contribution in [0.25, 0.3) is 11.1 Å². The zero-order valence-corrected chi connectivity index (χ0v) is 19.4. The minimum atomic E-state index is -1.10. The highest BCUT2D eigenvalue weighted by atomic mass is 16.7. The highest BCUT2D eigenvalue weighted by Crippen LogP contribution is 2.45. The Hall–Kier alpha value is -2.71. The zero-order chi connectivity index (χ0) is 23.9. The first-order valence-corrected chi connectivity index (χ1v) is 11.8. The van der Waals surface area contributed by atoms with Crippen molar-refractivity contribution >= 4 is 5.97 Å². The number of allylic oxidation sites excluding steroid dienone is 1. The second kappa shape index (κ2) is 11.6. The SMILES string of the molecule is CCOC1OC(C(=O)O)=CC(c2cccc3c2Cc2ccccc2-3)C1CCOCCOCCO. The second-order valence-corrected chi connectivity index (χ2v) is 8.41. The van der Waals surface area contributed by atoms with Crippen LogP contribution in [0.2, 0.25) is 0 Å². The largest absolute Gasteiger partial charge is 0.475 e. The van der Waals surface area contributed by atoms with Crippen molar-refractivity contribution in [1.29, 1.82) is 0 Å². The van der Waals surface area contributed by atoms with Gasteiger partial charge in [0.15, 0.2) is 0 Å². The molecule has 2 aromatic carbocycles. The molecule has 0 amide bonds. The summed E-state index contributed by atoms with van der Waals surface area (Å²) < 4.78 is 22.7. The molecule has 7 nitrogen and oxygen atoms in total. The van der Waals surface area contributed by atoms with Gasteiger partial charge in [-0.15, -0.1) is 0 Å². The first kappa shape index (κ1) is 24.4. The van der Waals surface area contributed by atoms with Crippen LogP contribution in [0.1, 0.15) is 36.0 Å². The average Bonchev–Trinajstić information content (AvgIpc) is 3.23. The number of carbonyl (C=O) groups is 1. The van der Waals surface area contributed by atoms with Gasteiger partial charge in [0.1, 0.15) is 0 Å². The van der Waals surface area contributed by atoms with Crippen LogP contribution in [-0.2, 0) is 30.2 Å². The fraction of sp³-hybridized carbons (Fsp3) is 0.444. The van der Waals surface area contributed by atoms with Gasteiger partial charge < -0.3 is 29.2 Å². The molecule has 0 aromatic heterocycles. The van der Waals surface area contributed by atoms with E-state index >= 15 is 0 Å². The molecule has 34 heavy (non-hydrogen) atoms. The maximum absolute atomic E-state index is 11.9. The Morgan fingerprint density at radius 3 is 2.56 bits per heavy atom. The van der Waals surface area contributed by atoms with Crippen molar-refractivity contribution in [2.75, 3.05) is 39.6 Å². The summed E-state index contributed by atoms with van der Waals surface area (Å²) in [4.78, 5) is 11.9. The van der Waals surface area contributed by atoms with Gasteiger partial charge in [-0.3, -0.25) is 0 Å². The molecule has 7 heteroatoms. The predicted octanol–water partition coefficient (Wildman–Crippen LogP) is 3.73. The summed E-state index contributed by atoms with van der Waals surface area (Å²) in [6, 6.07) is 14.7. The van der Waals surface area contributed by atoms with Gasteiger partial charge >= 0.3 is 5.97 Å². The lowest BCUT2D eigenvalue weighted by atomic mass is 9.78. The van der Waals surface area contributed by atoms with Crippen molar-refractivity contribution in [3.63, 3.8) is 0 Å².